The molecule has 0 aliphatic carbocycles. The van der Waals surface area contributed by atoms with Crippen molar-refractivity contribution in [1.29, 1.82) is 0 Å². The number of anilines is 2. The van der Waals surface area contributed by atoms with Gasteiger partial charge in [-0.25, -0.2) is 4.79 Å². The Morgan fingerprint density at radius 2 is 1.74 bits per heavy atom. The highest BCUT2D eigenvalue weighted by atomic mass is 16.4. The summed E-state index contributed by atoms with van der Waals surface area (Å²) in [6, 6.07) is 17.2. The van der Waals surface area contributed by atoms with Crippen LogP contribution >= 0.6 is 0 Å². The molecular weight excluding hydrogens is 294 g/mol. The Bertz CT molecular complexity index is 833. The minimum Gasteiger partial charge on any atom is -0.506 e. The monoisotopic (exact) mass is 307 g/mol. The van der Waals surface area contributed by atoms with Crippen LogP contribution in [0.5, 0.6) is 5.75 Å². The molecule has 0 saturated heterocycles. The van der Waals surface area contributed by atoms with Crippen LogP contribution in [0.25, 0.3) is 11.3 Å². The zero-order valence-electron chi connectivity index (χ0n) is 12.0. The van der Waals surface area contributed by atoms with Gasteiger partial charge in [-0.3, -0.25) is 0 Å². The van der Waals surface area contributed by atoms with E-state index in [0.29, 0.717) is 11.5 Å². The smallest absolute Gasteiger partial charge is 0.335 e. The highest BCUT2D eigenvalue weighted by Gasteiger charge is 2.08. The Morgan fingerprint density at radius 3 is 2.35 bits per heavy atom. The molecule has 6 heteroatoms. The number of aromatic carboxylic acids is 1. The van der Waals surface area contributed by atoms with Gasteiger partial charge < -0.3 is 15.5 Å². The molecule has 114 valence electrons. The van der Waals surface area contributed by atoms with Crippen molar-refractivity contribution in [2.24, 2.45) is 0 Å². The molecule has 1 aromatic heterocycles. The van der Waals surface area contributed by atoms with E-state index in [2.05, 4.69) is 15.5 Å². The second-order valence-corrected chi connectivity index (χ2v) is 4.83. The third kappa shape index (κ3) is 3.26. The van der Waals surface area contributed by atoms with E-state index in [-0.39, 0.29) is 11.3 Å². The van der Waals surface area contributed by atoms with Gasteiger partial charge in [0, 0.05) is 5.56 Å². The van der Waals surface area contributed by atoms with Gasteiger partial charge in [-0.05, 0) is 30.3 Å². The van der Waals surface area contributed by atoms with Crippen molar-refractivity contribution in [2.75, 3.05) is 5.32 Å². The molecule has 0 fully saturated rings. The molecule has 0 amide bonds. The average molecular weight is 307 g/mol. The topological polar surface area (TPSA) is 95.3 Å². The van der Waals surface area contributed by atoms with Crippen LogP contribution in [0.1, 0.15) is 10.4 Å². The number of nitrogens with zero attached hydrogens (tertiary/aromatic N) is 2. The molecule has 0 atom stereocenters. The Labute approximate surface area is 132 Å². The molecule has 0 spiro atoms. The van der Waals surface area contributed by atoms with Crippen LogP contribution in [-0.4, -0.2) is 26.4 Å². The Kier molecular flexibility index (Phi) is 3.88. The molecular formula is C17H13N3O3. The first-order valence-corrected chi connectivity index (χ1v) is 6.86. The van der Waals surface area contributed by atoms with Crippen molar-refractivity contribution in [2.45, 2.75) is 0 Å². The third-order valence-corrected chi connectivity index (χ3v) is 3.24. The van der Waals surface area contributed by atoms with Crippen LogP contribution < -0.4 is 5.32 Å². The zero-order valence-corrected chi connectivity index (χ0v) is 12.0. The fraction of sp³-hybridized carbons (Fsp3) is 0. The van der Waals surface area contributed by atoms with Crippen molar-refractivity contribution in [3.8, 4) is 17.0 Å². The van der Waals surface area contributed by atoms with Crippen LogP contribution in [0.3, 0.4) is 0 Å². The fourth-order valence-corrected chi connectivity index (χ4v) is 2.07. The second-order valence-electron chi connectivity index (χ2n) is 4.83. The Morgan fingerprint density at radius 1 is 0.957 bits per heavy atom. The Balaban J connectivity index is 1.80. The highest BCUT2D eigenvalue weighted by Crippen LogP contribution is 2.27. The molecule has 6 nitrogen and oxygen atoms in total. The summed E-state index contributed by atoms with van der Waals surface area (Å²) in [5.41, 5.74) is 2.07. The maximum atomic E-state index is 10.8. The quantitative estimate of drug-likeness (QED) is 0.640. The van der Waals surface area contributed by atoms with Gasteiger partial charge in [0.15, 0.2) is 5.82 Å². The molecule has 0 saturated carbocycles. The van der Waals surface area contributed by atoms with E-state index in [1.807, 2.05) is 36.4 Å². The number of phenols is 1. The number of nitrogens with one attached hydrogen (secondary N) is 1. The van der Waals surface area contributed by atoms with Gasteiger partial charge in [0.1, 0.15) is 5.75 Å². The lowest BCUT2D eigenvalue weighted by Gasteiger charge is -2.08. The second kappa shape index (κ2) is 6.15. The molecule has 1 heterocycles. The van der Waals surface area contributed by atoms with Crippen molar-refractivity contribution in [3.63, 3.8) is 0 Å². The van der Waals surface area contributed by atoms with Gasteiger partial charge in [-0.15, -0.1) is 10.2 Å². The lowest BCUT2D eigenvalue weighted by molar-refractivity contribution is 0.0696. The largest absolute Gasteiger partial charge is 0.506 e. The average Bonchev–Trinajstić information content (AvgIpc) is 2.58. The molecule has 23 heavy (non-hydrogen) atoms. The fourth-order valence-electron chi connectivity index (χ4n) is 2.07. The number of hydrogen-bond donors (Lipinski definition) is 3. The van der Waals surface area contributed by atoms with Crippen LogP contribution in [0.2, 0.25) is 0 Å². The summed E-state index contributed by atoms with van der Waals surface area (Å²) in [6.45, 7) is 0. The maximum Gasteiger partial charge on any atom is 0.335 e. The Hall–Kier alpha value is -3.41. The predicted molar refractivity (Wildman–Crippen MR) is 85.8 cm³/mol. The number of phenolic OH excluding ortho intramolecular Hbond substituents is 1. The minimum atomic E-state index is -1.10. The van der Waals surface area contributed by atoms with Crippen molar-refractivity contribution >= 4 is 17.5 Å². The van der Waals surface area contributed by atoms with E-state index in [9.17, 15) is 9.90 Å². The van der Waals surface area contributed by atoms with E-state index in [1.165, 1.54) is 18.2 Å². The van der Waals surface area contributed by atoms with Gasteiger partial charge >= 0.3 is 5.97 Å². The summed E-state index contributed by atoms with van der Waals surface area (Å²) in [4.78, 5) is 10.8. The molecule has 3 rings (SSSR count). The summed E-state index contributed by atoms with van der Waals surface area (Å²) in [7, 11) is 0. The lowest BCUT2D eigenvalue weighted by atomic mass is 10.1. The number of rotatable bonds is 4. The normalized spacial score (nSPS) is 10.3. The number of carboxylic acids is 1. The molecule has 3 N–H and O–H groups in total. The number of benzene rings is 2. The van der Waals surface area contributed by atoms with E-state index in [1.54, 1.807) is 6.07 Å². The van der Waals surface area contributed by atoms with Gasteiger partial charge in [0.05, 0.1) is 16.9 Å². The summed E-state index contributed by atoms with van der Waals surface area (Å²) in [6.07, 6.45) is 0. The molecule has 0 aliphatic heterocycles. The first-order chi connectivity index (χ1) is 11.1. The van der Waals surface area contributed by atoms with Crippen LogP contribution in [0.15, 0.2) is 60.7 Å². The van der Waals surface area contributed by atoms with Crippen LogP contribution in [0.4, 0.5) is 11.5 Å². The van der Waals surface area contributed by atoms with Crippen LogP contribution in [0, 0.1) is 0 Å². The van der Waals surface area contributed by atoms with Gasteiger partial charge in [-0.1, -0.05) is 30.3 Å². The summed E-state index contributed by atoms with van der Waals surface area (Å²) >= 11 is 0. The van der Waals surface area contributed by atoms with Crippen molar-refractivity contribution in [1.82, 2.24) is 10.2 Å². The molecule has 0 radical (unpaired) electrons. The van der Waals surface area contributed by atoms with Gasteiger partial charge in [0.2, 0.25) is 0 Å². The van der Waals surface area contributed by atoms with Gasteiger partial charge in [-0.2, -0.15) is 0 Å². The van der Waals surface area contributed by atoms with E-state index >= 15 is 0 Å². The zero-order chi connectivity index (χ0) is 16.2. The molecule has 3 aromatic rings. The van der Waals surface area contributed by atoms with E-state index < -0.39 is 5.97 Å². The molecule has 2 aromatic carbocycles. The molecule has 0 unspecified atom stereocenters. The summed E-state index contributed by atoms with van der Waals surface area (Å²) in [5, 5.41) is 29.8. The van der Waals surface area contributed by atoms with Crippen molar-refractivity contribution < 1.29 is 15.0 Å². The van der Waals surface area contributed by atoms with Crippen LogP contribution in [-0.2, 0) is 0 Å². The number of hydrogen-bond acceptors (Lipinski definition) is 5. The summed E-state index contributed by atoms with van der Waals surface area (Å²) < 4.78 is 0. The number of carbonyl (C=O) groups is 1. The van der Waals surface area contributed by atoms with Crippen molar-refractivity contribution in [3.05, 3.63) is 66.2 Å². The molecule has 0 bridgehead atoms. The minimum absolute atomic E-state index is 0.0126. The SMILES string of the molecule is O=C(O)c1ccc(Nc2ccc(-c3ccccc3)nn2)c(O)c1. The highest BCUT2D eigenvalue weighted by molar-refractivity contribution is 5.89. The number of aromatic nitrogens is 2. The third-order valence-electron chi connectivity index (χ3n) is 3.24. The maximum absolute atomic E-state index is 10.8. The van der Waals surface area contributed by atoms with E-state index in [0.717, 1.165) is 11.3 Å². The predicted octanol–water partition coefficient (Wildman–Crippen LogP) is 3.29. The first kappa shape index (κ1) is 14.5. The molecule has 0 aliphatic rings. The standard InChI is InChI=1S/C17H13N3O3/c21-15-10-12(17(22)23)6-7-14(15)18-16-9-8-13(19-20-16)11-4-2-1-3-5-11/h1-10,21H,(H,18,20)(H,22,23). The van der Waals surface area contributed by atoms with E-state index in [4.69, 9.17) is 5.11 Å². The first-order valence-electron chi connectivity index (χ1n) is 6.86. The number of carboxylic acid groups (broad SMARTS) is 1. The summed E-state index contributed by atoms with van der Waals surface area (Å²) in [5.74, 6) is -0.819. The van der Waals surface area contributed by atoms with Gasteiger partial charge in [0.25, 0.3) is 0 Å². The number of aromatic hydroxyl groups is 1. The lowest BCUT2D eigenvalue weighted by Crippen LogP contribution is -1.99.